The average molecular weight is 269 g/mol. The molecular weight excluding hydrogens is 250 g/mol. The molecule has 0 spiro atoms. The third kappa shape index (κ3) is 2.46. The van der Waals surface area contributed by atoms with Crippen molar-refractivity contribution in [2.45, 2.75) is 31.7 Å². The second kappa shape index (κ2) is 5.49. The summed E-state index contributed by atoms with van der Waals surface area (Å²) in [5.41, 5.74) is 1.62. The largest absolute Gasteiger partial charge is 0.339 e. The smallest absolute Gasteiger partial charge is 0.257 e. The average Bonchev–Trinajstić information content (AvgIpc) is 3.18. The number of amides is 1. The van der Waals surface area contributed by atoms with Crippen LogP contribution in [0.5, 0.6) is 0 Å². The summed E-state index contributed by atoms with van der Waals surface area (Å²) in [6.07, 6.45) is 8.16. The number of hydrogen-bond donors (Lipinski definition) is 0. The third-order valence-corrected chi connectivity index (χ3v) is 4.04. The zero-order valence-electron chi connectivity index (χ0n) is 11.7. The van der Waals surface area contributed by atoms with Gasteiger partial charge >= 0.3 is 0 Å². The molecule has 1 amide bonds. The lowest BCUT2D eigenvalue weighted by Gasteiger charge is -2.23. The van der Waals surface area contributed by atoms with Crippen molar-refractivity contribution in [2.75, 3.05) is 7.05 Å². The molecule has 0 aliphatic heterocycles. The highest BCUT2D eigenvalue weighted by Crippen LogP contribution is 2.23. The molecule has 3 rings (SSSR count). The van der Waals surface area contributed by atoms with Crippen LogP contribution in [-0.4, -0.2) is 33.7 Å². The molecule has 1 saturated carbocycles. The molecule has 0 atom stereocenters. The van der Waals surface area contributed by atoms with Crippen molar-refractivity contribution in [2.24, 2.45) is 0 Å². The van der Waals surface area contributed by atoms with E-state index in [1.54, 1.807) is 10.9 Å². The van der Waals surface area contributed by atoms with E-state index < -0.39 is 0 Å². The highest BCUT2D eigenvalue weighted by Gasteiger charge is 2.24. The van der Waals surface area contributed by atoms with Crippen LogP contribution in [0.2, 0.25) is 0 Å². The Morgan fingerprint density at radius 1 is 1.25 bits per heavy atom. The number of carbonyl (C=O) groups is 1. The Morgan fingerprint density at radius 2 is 1.95 bits per heavy atom. The summed E-state index contributed by atoms with van der Waals surface area (Å²) in [5, 5.41) is 4.29. The van der Waals surface area contributed by atoms with Gasteiger partial charge in [-0.1, -0.05) is 31.0 Å². The molecular formula is C16H19N3O. The van der Waals surface area contributed by atoms with Gasteiger partial charge in [-0.15, -0.1) is 0 Å². The minimum atomic E-state index is 0.0686. The van der Waals surface area contributed by atoms with Crippen LogP contribution in [0.3, 0.4) is 0 Å². The predicted octanol–water partition coefficient (Wildman–Crippen LogP) is 2.89. The van der Waals surface area contributed by atoms with Crippen LogP contribution in [0.1, 0.15) is 36.0 Å². The van der Waals surface area contributed by atoms with Crippen LogP contribution in [0.15, 0.2) is 42.7 Å². The molecule has 20 heavy (non-hydrogen) atoms. The summed E-state index contributed by atoms with van der Waals surface area (Å²) in [6.45, 7) is 0. The van der Waals surface area contributed by atoms with Gasteiger partial charge in [-0.3, -0.25) is 4.79 Å². The molecule has 1 aliphatic rings. The number of carbonyl (C=O) groups excluding carboxylic acids is 1. The van der Waals surface area contributed by atoms with Crippen LogP contribution in [0, 0.1) is 0 Å². The highest BCUT2D eigenvalue weighted by molar-refractivity contribution is 5.93. The maximum Gasteiger partial charge on any atom is 0.257 e. The lowest BCUT2D eigenvalue weighted by molar-refractivity contribution is 0.0735. The van der Waals surface area contributed by atoms with Crippen molar-refractivity contribution in [3.8, 4) is 5.69 Å². The van der Waals surface area contributed by atoms with E-state index in [1.807, 2.05) is 48.5 Å². The molecule has 1 aromatic heterocycles. The minimum absolute atomic E-state index is 0.0686. The van der Waals surface area contributed by atoms with Crippen LogP contribution >= 0.6 is 0 Å². The van der Waals surface area contributed by atoms with Crippen LogP contribution in [0.4, 0.5) is 0 Å². The highest BCUT2D eigenvalue weighted by atomic mass is 16.2. The van der Waals surface area contributed by atoms with Gasteiger partial charge in [0.25, 0.3) is 5.91 Å². The third-order valence-electron chi connectivity index (χ3n) is 4.04. The first kappa shape index (κ1) is 12.9. The van der Waals surface area contributed by atoms with Crippen molar-refractivity contribution in [1.82, 2.24) is 14.7 Å². The van der Waals surface area contributed by atoms with Gasteiger partial charge in [-0.2, -0.15) is 5.10 Å². The Bertz CT molecular complexity index is 585. The topological polar surface area (TPSA) is 38.1 Å². The van der Waals surface area contributed by atoms with Crippen molar-refractivity contribution in [1.29, 1.82) is 0 Å². The van der Waals surface area contributed by atoms with Crippen molar-refractivity contribution < 1.29 is 4.79 Å². The molecule has 0 saturated heterocycles. The van der Waals surface area contributed by atoms with Gasteiger partial charge in [0.05, 0.1) is 17.4 Å². The zero-order chi connectivity index (χ0) is 13.9. The molecule has 1 aromatic carbocycles. The quantitative estimate of drug-likeness (QED) is 0.859. The molecule has 0 unspecified atom stereocenters. The monoisotopic (exact) mass is 269 g/mol. The Morgan fingerprint density at radius 3 is 2.65 bits per heavy atom. The second-order valence-electron chi connectivity index (χ2n) is 5.36. The molecule has 0 bridgehead atoms. The Labute approximate surface area is 119 Å². The Balaban J connectivity index is 1.78. The summed E-state index contributed by atoms with van der Waals surface area (Å²) in [4.78, 5) is 14.3. The minimum Gasteiger partial charge on any atom is -0.339 e. The summed E-state index contributed by atoms with van der Waals surface area (Å²) in [6, 6.07) is 10.2. The SMILES string of the molecule is CN(C(=O)c1cnn(-c2ccccc2)c1)C1CCCC1. The van der Waals surface area contributed by atoms with Crippen LogP contribution in [-0.2, 0) is 0 Å². The molecule has 0 N–H and O–H groups in total. The molecule has 104 valence electrons. The van der Waals surface area contributed by atoms with E-state index in [4.69, 9.17) is 0 Å². The fourth-order valence-corrected chi connectivity index (χ4v) is 2.82. The Kier molecular flexibility index (Phi) is 3.54. The molecule has 1 heterocycles. The number of rotatable bonds is 3. The molecule has 4 heteroatoms. The summed E-state index contributed by atoms with van der Waals surface area (Å²) in [5.74, 6) is 0.0686. The first-order chi connectivity index (χ1) is 9.75. The first-order valence-corrected chi connectivity index (χ1v) is 7.13. The van der Waals surface area contributed by atoms with Crippen molar-refractivity contribution in [3.63, 3.8) is 0 Å². The molecule has 1 fully saturated rings. The van der Waals surface area contributed by atoms with Gasteiger partial charge in [-0.25, -0.2) is 4.68 Å². The molecule has 4 nitrogen and oxygen atoms in total. The summed E-state index contributed by atoms with van der Waals surface area (Å²) < 4.78 is 1.75. The normalized spacial score (nSPS) is 15.4. The van der Waals surface area contributed by atoms with Gasteiger partial charge in [0, 0.05) is 19.3 Å². The zero-order valence-corrected chi connectivity index (χ0v) is 11.7. The van der Waals surface area contributed by atoms with E-state index >= 15 is 0 Å². The van der Waals surface area contributed by atoms with Crippen molar-refractivity contribution >= 4 is 5.91 Å². The fourth-order valence-electron chi connectivity index (χ4n) is 2.82. The number of hydrogen-bond acceptors (Lipinski definition) is 2. The number of benzene rings is 1. The maximum absolute atomic E-state index is 12.4. The lowest BCUT2D eigenvalue weighted by Crippen LogP contribution is -2.34. The van der Waals surface area contributed by atoms with E-state index in [0.29, 0.717) is 11.6 Å². The van der Waals surface area contributed by atoms with Crippen LogP contribution < -0.4 is 0 Å². The van der Waals surface area contributed by atoms with Gasteiger partial charge in [-0.05, 0) is 25.0 Å². The maximum atomic E-state index is 12.4. The molecule has 1 aliphatic carbocycles. The van der Waals surface area contributed by atoms with E-state index in [2.05, 4.69) is 5.10 Å². The van der Waals surface area contributed by atoms with Gasteiger partial charge in [0.1, 0.15) is 0 Å². The van der Waals surface area contributed by atoms with E-state index in [9.17, 15) is 4.79 Å². The van der Waals surface area contributed by atoms with Gasteiger partial charge in [0.2, 0.25) is 0 Å². The first-order valence-electron chi connectivity index (χ1n) is 7.13. The van der Waals surface area contributed by atoms with E-state index in [0.717, 1.165) is 18.5 Å². The van der Waals surface area contributed by atoms with Gasteiger partial charge < -0.3 is 4.90 Å². The second-order valence-corrected chi connectivity index (χ2v) is 5.36. The predicted molar refractivity (Wildman–Crippen MR) is 77.9 cm³/mol. The molecule has 0 radical (unpaired) electrons. The number of para-hydroxylation sites is 1. The standard InChI is InChI=1S/C16H19N3O/c1-18(14-7-5-6-8-14)16(20)13-11-17-19(12-13)15-9-3-2-4-10-15/h2-4,9-12,14H,5-8H2,1H3. The number of nitrogens with zero attached hydrogens (tertiary/aromatic N) is 3. The number of aromatic nitrogens is 2. The summed E-state index contributed by atoms with van der Waals surface area (Å²) >= 11 is 0. The van der Waals surface area contributed by atoms with Crippen molar-refractivity contribution in [3.05, 3.63) is 48.3 Å². The van der Waals surface area contributed by atoms with Crippen LogP contribution in [0.25, 0.3) is 5.69 Å². The van der Waals surface area contributed by atoms with E-state index in [1.165, 1.54) is 12.8 Å². The molecule has 2 aromatic rings. The summed E-state index contributed by atoms with van der Waals surface area (Å²) in [7, 11) is 1.90. The van der Waals surface area contributed by atoms with E-state index in [-0.39, 0.29) is 5.91 Å². The lowest BCUT2D eigenvalue weighted by atomic mass is 10.2. The Hall–Kier alpha value is -2.10. The fraction of sp³-hybridized carbons (Fsp3) is 0.375. The van der Waals surface area contributed by atoms with Gasteiger partial charge in [0.15, 0.2) is 0 Å².